The van der Waals surface area contributed by atoms with Crippen LogP contribution < -0.4 is 0 Å². The van der Waals surface area contributed by atoms with Crippen molar-refractivity contribution in [2.75, 3.05) is 0 Å². The van der Waals surface area contributed by atoms with E-state index in [0.29, 0.717) is 12.1 Å². The molecule has 1 aromatic rings. The maximum atomic E-state index is 12.6. The summed E-state index contributed by atoms with van der Waals surface area (Å²) in [6, 6.07) is 8.53. The normalized spacial score (nSPS) is 29.4. The number of hydrogen-bond acceptors (Lipinski definition) is 3. The zero-order valence-corrected chi connectivity index (χ0v) is 10.8. The summed E-state index contributed by atoms with van der Waals surface area (Å²) < 4.78 is 0. The number of amidine groups is 1. The minimum absolute atomic E-state index is 0.150. The summed E-state index contributed by atoms with van der Waals surface area (Å²) >= 11 is 1.65. The third-order valence-electron chi connectivity index (χ3n) is 4.05. The monoisotopic (exact) mass is 258 g/mol. The number of fused-ring (bicyclic) bond motifs is 4. The van der Waals surface area contributed by atoms with Crippen molar-refractivity contribution in [3.05, 3.63) is 29.8 Å². The predicted octanol–water partition coefficient (Wildman–Crippen LogP) is 2.92. The van der Waals surface area contributed by atoms with Gasteiger partial charge in [-0.15, -0.1) is 0 Å². The Morgan fingerprint density at radius 2 is 2.06 bits per heavy atom. The number of rotatable bonds is 0. The number of benzene rings is 1. The van der Waals surface area contributed by atoms with E-state index < -0.39 is 0 Å². The molecule has 1 aromatic carbocycles. The van der Waals surface area contributed by atoms with Crippen LogP contribution in [0.25, 0.3) is 0 Å². The number of nitrogens with zero attached hydrogens (tertiary/aromatic N) is 2. The van der Waals surface area contributed by atoms with Gasteiger partial charge in [-0.2, -0.15) is 0 Å². The minimum Gasteiger partial charge on any atom is -0.282 e. The van der Waals surface area contributed by atoms with Crippen LogP contribution in [0.2, 0.25) is 0 Å². The van der Waals surface area contributed by atoms with E-state index in [1.54, 1.807) is 11.8 Å². The van der Waals surface area contributed by atoms with Gasteiger partial charge < -0.3 is 0 Å². The highest BCUT2D eigenvalue weighted by Gasteiger charge is 2.44. The fourth-order valence-corrected chi connectivity index (χ4v) is 4.28. The molecule has 0 unspecified atom stereocenters. The Hall–Kier alpha value is -1.29. The molecule has 0 N–H and O–H groups in total. The highest BCUT2D eigenvalue weighted by molar-refractivity contribution is 8.14. The average Bonchev–Trinajstić information content (AvgIpc) is 2.77. The summed E-state index contributed by atoms with van der Waals surface area (Å²) in [5.41, 5.74) is 0.840. The molecule has 1 amide bonds. The molecule has 2 atom stereocenters. The van der Waals surface area contributed by atoms with E-state index in [-0.39, 0.29) is 5.91 Å². The highest BCUT2D eigenvalue weighted by atomic mass is 32.2. The molecule has 2 heterocycles. The molecule has 0 bridgehead atoms. The van der Waals surface area contributed by atoms with Gasteiger partial charge in [-0.1, -0.05) is 36.7 Å². The van der Waals surface area contributed by atoms with E-state index in [1.165, 1.54) is 12.8 Å². The molecule has 1 aliphatic carbocycles. The van der Waals surface area contributed by atoms with E-state index >= 15 is 0 Å². The minimum atomic E-state index is 0.150. The largest absolute Gasteiger partial charge is 0.282 e. The van der Waals surface area contributed by atoms with Gasteiger partial charge >= 0.3 is 0 Å². The first-order valence-corrected chi connectivity index (χ1v) is 7.34. The third kappa shape index (κ3) is 1.38. The quantitative estimate of drug-likeness (QED) is 0.716. The standard InChI is InChI=1S/C14H14N2OS/c17-13-9-5-1-4-8-12(9)18-14-15-10-6-2-3-7-11(10)16(13)14/h1,4-5,8,10-11H,2-3,6-7H2/t10-,11-/m1/s1. The van der Waals surface area contributed by atoms with Crippen LogP contribution in [0.1, 0.15) is 36.0 Å². The molecule has 1 saturated carbocycles. The molecule has 0 aromatic heterocycles. The van der Waals surface area contributed by atoms with Crippen molar-refractivity contribution in [2.45, 2.75) is 42.7 Å². The van der Waals surface area contributed by atoms with Crippen LogP contribution in [0.5, 0.6) is 0 Å². The van der Waals surface area contributed by atoms with Crippen LogP contribution in [-0.4, -0.2) is 28.1 Å². The molecule has 92 valence electrons. The second-order valence-corrected chi connectivity index (χ2v) is 6.11. The summed E-state index contributed by atoms with van der Waals surface area (Å²) in [5.74, 6) is 0.150. The van der Waals surface area contributed by atoms with Crippen LogP contribution in [0.15, 0.2) is 34.2 Å². The molecule has 4 rings (SSSR count). The molecule has 3 aliphatic rings. The Morgan fingerprint density at radius 3 is 3.00 bits per heavy atom. The maximum absolute atomic E-state index is 12.6. The van der Waals surface area contributed by atoms with Gasteiger partial charge in [0.1, 0.15) is 0 Å². The maximum Gasteiger partial charge on any atom is 0.261 e. The Kier molecular flexibility index (Phi) is 2.27. The number of amides is 1. The van der Waals surface area contributed by atoms with Gasteiger partial charge in [0.25, 0.3) is 5.91 Å². The Bertz CT molecular complexity index is 554. The summed E-state index contributed by atoms with van der Waals surface area (Å²) in [5, 5.41) is 0.926. The first-order chi connectivity index (χ1) is 8.84. The van der Waals surface area contributed by atoms with Gasteiger partial charge in [0.15, 0.2) is 5.17 Å². The van der Waals surface area contributed by atoms with Gasteiger partial charge in [0.05, 0.1) is 17.6 Å². The van der Waals surface area contributed by atoms with Crippen LogP contribution >= 0.6 is 11.8 Å². The third-order valence-corrected chi connectivity index (χ3v) is 5.11. The second-order valence-electron chi connectivity index (χ2n) is 5.10. The average molecular weight is 258 g/mol. The summed E-state index contributed by atoms with van der Waals surface area (Å²) in [7, 11) is 0. The van der Waals surface area contributed by atoms with E-state index in [9.17, 15) is 4.79 Å². The van der Waals surface area contributed by atoms with Crippen LogP contribution in [-0.2, 0) is 0 Å². The molecule has 2 aliphatic heterocycles. The SMILES string of the molecule is O=C1c2ccccc2SC2=N[C@@H]3CCCC[C@H]3N12. The first kappa shape index (κ1) is 10.6. The Balaban J connectivity index is 1.79. The molecule has 0 saturated heterocycles. The molecule has 0 spiro atoms. The van der Waals surface area contributed by atoms with E-state index in [1.807, 2.05) is 29.2 Å². The zero-order valence-electron chi connectivity index (χ0n) is 10.0. The number of aliphatic imine (C=N–C) groups is 1. The first-order valence-electron chi connectivity index (χ1n) is 6.53. The predicted molar refractivity (Wildman–Crippen MR) is 71.9 cm³/mol. The van der Waals surface area contributed by atoms with E-state index in [4.69, 9.17) is 4.99 Å². The summed E-state index contributed by atoms with van der Waals surface area (Å²) in [4.78, 5) is 20.4. The number of carbonyl (C=O) groups excluding carboxylic acids is 1. The summed E-state index contributed by atoms with van der Waals surface area (Å²) in [6.45, 7) is 0. The van der Waals surface area contributed by atoms with Crippen molar-refractivity contribution < 1.29 is 4.79 Å². The van der Waals surface area contributed by atoms with Crippen molar-refractivity contribution in [3.63, 3.8) is 0 Å². The zero-order chi connectivity index (χ0) is 12.1. The van der Waals surface area contributed by atoms with Crippen LogP contribution in [0.3, 0.4) is 0 Å². The van der Waals surface area contributed by atoms with Crippen molar-refractivity contribution in [1.82, 2.24) is 4.90 Å². The van der Waals surface area contributed by atoms with Gasteiger partial charge in [-0.05, 0) is 25.0 Å². The molecule has 1 fully saturated rings. The van der Waals surface area contributed by atoms with Gasteiger partial charge in [0, 0.05) is 4.90 Å². The van der Waals surface area contributed by atoms with Crippen LogP contribution in [0.4, 0.5) is 0 Å². The molecule has 3 nitrogen and oxygen atoms in total. The van der Waals surface area contributed by atoms with Crippen LogP contribution in [0, 0.1) is 0 Å². The molecular formula is C14H14N2OS. The fraction of sp³-hybridized carbons (Fsp3) is 0.429. The van der Waals surface area contributed by atoms with Gasteiger partial charge in [0.2, 0.25) is 0 Å². The van der Waals surface area contributed by atoms with Crippen molar-refractivity contribution in [2.24, 2.45) is 4.99 Å². The Labute approximate surface area is 110 Å². The fourth-order valence-electron chi connectivity index (χ4n) is 3.16. The molecule has 18 heavy (non-hydrogen) atoms. The van der Waals surface area contributed by atoms with E-state index in [0.717, 1.165) is 28.5 Å². The van der Waals surface area contributed by atoms with Gasteiger partial charge in [-0.25, -0.2) is 0 Å². The van der Waals surface area contributed by atoms with Crippen molar-refractivity contribution >= 4 is 22.8 Å². The van der Waals surface area contributed by atoms with Gasteiger partial charge in [-0.3, -0.25) is 14.7 Å². The van der Waals surface area contributed by atoms with E-state index in [2.05, 4.69) is 0 Å². The Morgan fingerprint density at radius 1 is 1.22 bits per heavy atom. The molecule has 0 radical (unpaired) electrons. The molecule has 4 heteroatoms. The topological polar surface area (TPSA) is 32.7 Å². The second kappa shape index (κ2) is 3.85. The smallest absolute Gasteiger partial charge is 0.261 e. The lowest BCUT2D eigenvalue weighted by Gasteiger charge is -2.33. The van der Waals surface area contributed by atoms with Crippen molar-refractivity contribution in [1.29, 1.82) is 0 Å². The lowest BCUT2D eigenvalue weighted by Crippen LogP contribution is -2.46. The lowest BCUT2D eigenvalue weighted by molar-refractivity contribution is 0.0784. The van der Waals surface area contributed by atoms with Crippen molar-refractivity contribution in [3.8, 4) is 0 Å². The molecular weight excluding hydrogens is 244 g/mol. The summed E-state index contributed by atoms with van der Waals surface area (Å²) in [6.07, 6.45) is 4.71. The lowest BCUT2D eigenvalue weighted by atomic mass is 9.90. The number of hydrogen-bond donors (Lipinski definition) is 0. The highest BCUT2D eigenvalue weighted by Crippen LogP contribution is 2.41. The number of thioether (sulfide) groups is 1. The number of carbonyl (C=O) groups is 1.